The van der Waals surface area contributed by atoms with Crippen molar-refractivity contribution in [1.29, 1.82) is 0 Å². The van der Waals surface area contributed by atoms with E-state index in [2.05, 4.69) is 30.5 Å². The Morgan fingerprint density at radius 2 is 1.94 bits per heavy atom. The molecule has 3 heteroatoms. The predicted molar refractivity (Wildman–Crippen MR) is 77.4 cm³/mol. The first kappa shape index (κ1) is 13.3. The topological polar surface area (TPSA) is 0 Å². The Kier molecular flexibility index (Phi) is 4.80. The number of benzene rings is 1. The van der Waals surface area contributed by atoms with E-state index in [-0.39, 0.29) is 0 Å². The van der Waals surface area contributed by atoms with Crippen LogP contribution in [0.25, 0.3) is 0 Å². The summed E-state index contributed by atoms with van der Waals surface area (Å²) < 4.78 is 12.3. The molecule has 0 bridgehead atoms. The van der Waals surface area contributed by atoms with Crippen molar-refractivity contribution in [1.82, 2.24) is 0 Å². The maximum absolute atomic E-state index is 11.9. The highest BCUT2D eigenvalue weighted by atomic mass is 32.2. The van der Waals surface area contributed by atoms with Gasteiger partial charge in [-0.3, -0.25) is 0 Å². The van der Waals surface area contributed by atoms with E-state index in [0.29, 0.717) is 22.6 Å². The average Bonchev–Trinajstić information content (AvgIpc) is 2.31. The van der Waals surface area contributed by atoms with Crippen molar-refractivity contribution in [3.05, 3.63) is 35.4 Å². The van der Waals surface area contributed by atoms with Crippen molar-refractivity contribution in [2.75, 3.05) is 12.0 Å². The Morgan fingerprint density at radius 3 is 2.41 bits per heavy atom. The smallest absolute Gasteiger partial charge is 0.0443 e. The first-order chi connectivity index (χ1) is 8.30. The monoisotopic (exact) mass is 270 g/mol. The number of aryl methyl sites for hydroxylation is 1. The second-order valence-electron chi connectivity index (χ2n) is 4.67. The summed E-state index contributed by atoms with van der Waals surface area (Å²) >= 11 is 2.43. The van der Waals surface area contributed by atoms with Crippen LogP contribution in [0.2, 0.25) is 0 Å². The fraction of sp³-hybridized carbons (Fsp3) is 0.571. The van der Waals surface area contributed by atoms with Crippen molar-refractivity contribution in [3.63, 3.8) is 0 Å². The molecule has 17 heavy (non-hydrogen) atoms. The third-order valence-electron chi connectivity index (χ3n) is 3.72. The van der Waals surface area contributed by atoms with Gasteiger partial charge >= 0.3 is 0 Å². The highest BCUT2D eigenvalue weighted by Crippen LogP contribution is 2.51. The summed E-state index contributed by atoms with van der Waals surface area (Å²) in [6.07, 6.45) is 8.11. The summed E-state index contributed by atoms with van der Waals surface area (Å²) in [5.74, 6) is 0.608. The van der Waals surface area contributed by atoms with Crippen molar-refractivity contribution < 1.29 is 3.89 Å². The van der Waals surface area contributed by atoms with Crippen LogP contribution in [-0.2, 0) is 11.2 Å². The fourth-order valence-corrected chi connectivity index (χ4v) is 3.74. The molecule has 0 saturated heterocycles. The van der Waals surface area contributed by atoms with Gasteiger partial charge < -0.3 is 0 Å². The normalized spacial score (nSPS) is 17.8. The zero-order chi connectivity index (χ0) is 12.1. The number of rotatable bonds is 6. The Bertz CT molecular complexity index is 338. The van der Waals surface area contributed by atoms with Crippen LogP contribution in [-0.4, -0.2) is 12.0 Å². The molecule has 1 aliphatic carbocycles. The molecular formula is C14H19FS2. The van der Waals surface area contributed by atoms with Crippen molar-refractivity contribution in [2.24, 2.45) is 0 Å². The molecule has 1 aromatic rings. The molecule has 2 rings (SSSR count). The van der Waals surface area contributed by atoms with E-state index < -0.39 is 0 Å². The van der Waals surface area contributed by atoms with Gasteiger partial charge in [-0.05, 0) is 43.1 Å². The number of thioether (sulfide) groups is 1. The van der Waals surface area contributed by atoms with Crippen molar-refractivity contribution >= 4 is 23.9 Å². The zero-order valence-corrected chi connectivity index (χ0v) is 11.9. The minimum absolute atomic E-state index is 0.396. The molecule has 0 aliphatic heterocycles. The third kappa shape index (κ3) is 3.00. The van der Waals surface area contributed by atoms with E-state index in [1.165, 1.54) is 30.4 Å². The summed E-state index contributed by atoms with van der Waals surface area (Å²) in [4.78, 5) is 0. The number of hydrogen-bond donors (Lipinski definition) is 0. The molecule has 0 atom stereocenters. The molecule has 0 N–H and O–H groups in total. The average molecular weight is 270 g/mol. The van der Waals surface area contributed by atoms with Gasteiger partial charge in [0.25, 0.3) is 0 Å². The Hall–Kier alpha value is -0.150. The van der Waals surface area contributed by atoms with Gasteiger partial charge in [-0.15, -0.1) is 0 Å². The lowest BCUT2D eigenvalue weighted by Crippen LogP contribution is -2.29. The van der Waals surface area contributed by atoms with Crippen LogP contribution in [0.5, 0.6) is 0 Å². The number of halogens is 1. The molecule has 0 heterocycles. The first-order valence-corrected chi connectivity index (χ1v) is 8.30. The van der Waals surface area contributed by atoms with E-state index >= 15 is 0 Å². The molecule has 0 nitrogen and oxygen atoms in total. The summed E-state index contributed by atoms with van der Waals surface area (Å²) in [6.45, 7) is 0. The van der Waals surface area contributed by atoms with Crippen LogP contribution in [0.4, 0.5) is 3.89 Å². The van der Waals surface area contributed by atoms with E-state index in [1.807, 2.05) is 11.8 Å². The molecule has 0 spiro atoms. The minimum Gasteiger partial charge on any atom is -0.165 e. The van der Waals surface area contributed by atoms with Gasteiger partial charge in [-0.1, -0.05) is 30.7 Å². The summed E-state index contributed by atoms with van der Waals surface area (Å²) in [7, 11) is 0. The maximum Gasteiger partial charge on any atom is 0.0443 e. The van der Waals surface area contributed by atoms with Crippen LogP contribution in [0.15, 0.2) is 24.3 Å². The van der Waals surface area contributed by atoms with Crippen LogP contribution in [0.1, 0.15) is 36.8 Å². The second-order valence-corrected chi connectivity index (χ2v) is 6.48. The highest BCUT2D eigenvalue weighted by Gasteiger charge is 2.37. The highest BCUT2D eigenvalue weighted by molar-refractivity contribution is 7.99. The van der Waals surface area contributed by atoms with E-state index in [4.69, 9.17) is 0 Å². The van der Waals surface area contributed by atoms with Crippen LogP contribution < -0.4 is 0 Å². The SMILES string of the molecule is CSC1(c2ccc(CCCSF)cc2)CCC1. The van der Waals surface area contributed by atoms with Gasteiger partial charge in [0, 0.05) is 22.6 Å². The van der Waals surface area contributed by atoms with Crippen LogP contribution in [0.3, 0.4) is 0 Å². The minimum atomic E-state index is 0.396. The lowest BCUT2D eigenvalue weighted by atomic mass is 9.78. The Balaban J connectivity index is 1.97. The lowest BCUT2D eigenvalue weighted by Gasteiger charge is -2.41. The molecule has 1 aliphatic rings. The standard InChI is InChI=1S/C14H19FS2/c1-16-14(9-3-10-14)13-7-5-12(6-8-13)4-2-11-17-15/h5-8H,2-4,9-11H2,1H3. The molecular weight excluding hydrogens is 251 g/mol. The maximum atomic E-state index is 11.9. The first-order valence-electron chi connectivity index (χ1n) is 6.19. The van der Waals surface area contributed by atoms with Gasteiger partial charge in [0.1, 0.15) is 0 Å². The van der Waals surface area contributed by atoms with Gasteiger partial charge in [0.2, 0.25) is 0 Å². The zero-order valence-electron chi connectivity index (χ0n) is 10.2. The Labute approximate surface area is 112 Å². The van der Waals surface area contributed by atoms with Gasteiger partial charge in [0.05, 0.1) is 0 Å². The Morgan fingerprint density at radius 1 is 1.24 bits per heavy atom. The predicted octanol–water partition coefficient (Wildman–Crippen LogP) is 4.98. The molecule has 0 radical (unpaired) electrons. The van der Waals surface area contributed by atoms with Gasteiger partial charge in [-0.25, -0.2) is 0 Å². The largest absolute Gasteiger partial charge is 0.165 e. The quantitative estimate of drug-likeness (QED) is 0.669. The summed E-state index contributed by atoms with van der Waals surface area (Å²) in [5, 5.41) is 0. The lowest BCUT2D eigenvalue weighted by molar-refractivity contribution is 0.374. The van der Waals surface area contributed by atoms with Crippen LogP contribution in [0, 0.1) is 0 Å². The summed E-state index contributed by atoms with van der Waals surface area (Å²) in [6, 6.07) is 8.98. The van der Waals surface area contributed by atoms with Gasteiger partial charge in [-0.2, -0.15) is 15.6 Å². The van der Waals surface area contributed by atoms with Crippen molar-refractivity contribution in [2.45, 2.75) is 36.9 Å². The number of hydrogen-bond acceptors (Lipinski definition) is 2. The molecule has 0 aromatic heterocycles. The van der Waals surface area contributed by atoms with Crippen molar-refractivity contribution in [3.8, 4) is 0 Å². The summed E-state index contributed by atoms with van der Waals surface area (Å²) in [5.41, 5.74) is 2.80. The molecule has 1 aromatic carbocycles. The molecule has 0 unspecified atom stereocenters. The molecule has 0 amide bonds. The van der Waals surface area contributed by atoms with Gasteiger partial charge in [0.15, 0.2) is 0 Å². The third-order valence-corrected chi connectivity index (χ3v) is 5.59. The van der Waals surface area contributed by atoms with Crippen LogP contribution >= 0.6 is 23.9 Å². The van der Waals surface area contributed by atoms with E-state index in [0.717, 1.165) is 12.8 Å². The molecule has 94 valence electrons. The molecule has 1 saturated carbocycles. The molecule has 1 fully saturated rings. The second kappa shape index (κ2) is 6.14. The fourth-order valence-electron chi connectivity index (χ4n) is 2.41. The van der Waals surface area contributed by atoms with E-state index in [1.54, 1.807) is 0 Å². The van der Waals surface area contributed by atoms with E-state index in [9.17, 15) is 3.89 Å².